The molecule has 0 aliphatic carbocycles. The van der Waals surface area contributed by atoms with Gasteiger partial charge in [0.2, 0.25) is 0 Å². The molecule has 2 amide bonds. The summed E-state index contributed by atoms with van der Waals surface area (Å²) in [5, 5.41) is 5.72. The minimum atomic E-state index is -0.657. The number of nitrogens with one attached hydrogen (secondary N) is 2. The van der Waals surface area contributed by atoms with Gasteiger partial charge in [-0.3, -0.25) is 9.59 Å². The zero-order valence-electron chi connectivity index (χ0n) is 19.2. The predicted molar refractivity (Wildman–Crippen MR) is 129 cm³/mol. The first-order chi connectivity index (χ1) is 15.1. The van der Waals surface area contributed by atoms with Crippen LogP contribution in [-0.2, 0) is 10.2 Å². The SMILES string of the molecule is Cc1ccccc1C(=O)Nc1ccc(NC(=O)C(C)Oc2ccc(C(C)(C)C)cc2)cc1. The van der Waals surface area contributed by atoms with Crippen molar-refractivity contribution in [2.45, 2.75) is 46.1 Å². The number of rotatable bonds is 6. The van der Waals surface area contributed by atoms with Crippen LogP contribution in [0.1, 0.15) is 49.2 Å². The second kappa shape index (κ2) is 9.69. The fourth-order valence-electron chi connectivity index (χ4n) is 3.20. The highest BCUT2D eigenvalue weighted by Crippen LogP contribution is 2.25. The van der Waals surface area contributed by atoms with Gasteiger partial charge < -0.3 is 15.4 Å². The van der Waals surface area contributed by atoms with Gasteiger partial charge in [-0.25, -0.2) is 0 Å². The van der Waals surface area contributed by atoms with Crippen molar-refractivity contribution < 1.29 is 14.3 Å². The molecule has 0 spiro atoms. The first kappa shape index (κ1) is 23.1. The normalized spacial score (nSPS) is 12.0. The van der Waals surface area contributed by atoms with Crippen LogP contribution in [0.25, 0.3) is 0 Å². The summed E-state index contributed by atoms with van der Waals surface area (Å²) in [7, 11) is 0. The number of hydrogen-bond donors (Lipinski definition) is 2. The van der Waals surface area contributed by atoms with Gasteiger partial charge in [0.15, 0.2) is 6.10 Å². The highest BCUT2D eigenvalue weighted by Gasteiger charge is 2.17. The zero-order valence-corrected chi connectivity index (χ0v) is 19.2. The Labute approximate surface area is 189 Å². The van der Waals surface area contributed by atoms with E-state index < -0.39 is 6.10 Å². The van der Waals surface area contributed by atoms with Crippen molar-refractivity contribution in [3.63, 3.8) is 0 Å². The van der Waals surface area contributed by atoms with E-state index >= 15 is 0 Å². The summed E-state index contributed by atoms with van der Waals surface area (Å²) >= 11 is 0. The van der Waals surface area contributed by atoms with Crippen molar-refractivity contribution in [2.24, 2.45) is 0 Å². The van der Waals surface area contributed by atoms with Crippen molar-refractivity contribution >= 4 is 23.2 Å². The molecule has 0 radical (unpaired) electrons. The number of benzene rings is 3. The number of amides is 2. The van der Waals surface area contributed by atoms with Gasteiger partial charge in [0.25, 0.3) is 11.8 Å². The van der Waals surface area contributed by atoms with Crippen molar-refractivity contribution in [2.75, 3.05) is 10.6 Å². The number of aryl methyl sites for hydroxylation is 1. The molecule has 0 saturated heterocycles. The van der Waals surface area contributed by atoms with E-state index in [0.29, 0.717) is 22.7 Å². The van der Waals surface area contributed by atoms with E-state index in [1.165, 1.54) is 5.56 Å². The lowest BCUT2D eigenvalue weighted by molar-refractivity contribution is -0.122. The minimum Gasteiger partial charge on any atom is -0.481 e. The molecule has 166 valence electrons. The summed E-state index contributed by atoms with van der Waals surface area (Å²) in [5.74, 6) is 0.232. The number of hydrogen-bond acceptors (Lipinski definition) is 3. The fourth-order valence-corrected chi connectivity index (χ4v) is 3.20. The number of carbonyl (C=O) groups excluding carboxylic acids is 2. The maximum Gasteiger partial charge on any atom is 0.265 e. The van der Waals surface area contributed by atoms with Crippen LogP contribution in [0, 0.1) is 6.92 Å². The lowest BCUT2D eigenvalue weighted by Crippen LogP contribution is -2.30. The van der Waals surface area contributed by atoms with Crippen LogP contribution < -0.4 is 15.4 Å². The Morgan fingerprint density at radius 3 is 1.94 bits per heavy atom. The molecule has 2 N–H and O–H groups in total. The van der Waals surface area contributed by atoms with E-state index in [1.807, 2.05) is 49.4 Å². The van der Waals surface area contributed by atoms with E-state index in [9.17, 15) is 9.59 Å². The Kier molecular flexibility index (Phi) is 6.98. The highest BCUT2D eigenvalue weighted by atomic mass is 16.5. The smallest absolute Gasteiger partial charge is 0.265 e. The third-order valence-corrected chi connectivity index (χ3v) is 5.20. The van der Waals surface area contributed by atoms with E-state index in [4.69, 9.17) is 4.74 Å². The molecule has 5 nitrogen and oxygen atoms in total. The summed E-state index contributed by atoms with van der Waals surface area (Å²) in [5.41, 5.74) is 4.09. The van der Waals surface area contributed by atoms with Gasteiger partial charge in [0.05, 0.1) is 0 Å². The lowest BCUT2D eigenvalue weighted by Gasteiger charge is -2.20. The van der Waals surface area contributed by atoms with Gasteiger partial charge in [-0.15, -0.1) is 0 Å². The van der Waals surface area contributed by atoms with E-state index in [1.54, 1.807) is 37.3 Å². The maximum absolute atomic E-state index is 12.5. The van der Waals surface area contributed by atoms with Crippen molar-refractivity contribution in [1.29, 1.82) is 0 Å². The quantitative estimate of drug-likeness (QED) is 0.508. The van der Waals surface area contributed by atoms with Gasteiger partial charge >= 0.3 is 0 Å². The third kappa shape index (κ3) is 5.97. The summed E-state index contributed by atoms with van der Waals surface area (Å²) in [6.07, 6.45) is -0.657. The van der Waals surface area contributed by atoms with Crippen molar-refractivity contribution in [1.82, 2.24) is 0 Å². The molecule has 5 heteroatoms. The van der Waals surface area contributed by atoms with Crippen LogP contribution in [0.3, 0.4) is 0 Å². The van der Waals surface area contributed by atoms with Crippen LogP contribution >= 0.6 is 0 Å². The molecule has 1 atom stereocenters. The molecule has 3 aromatic rings. The number of ether oxygens (including phenoxy) is 1. The molecular formula is C27H30N2O3. The van der Waals surface area contributed by atoms with E-state index in [2.05, 4.69) is 31.4 Å². The monoisotopic (exact) mass is 430 g/mol. The zero-order chi connectivity index (χ0) is 23.3. The lowest BCUT2D eigenvalue weighted by atomic mass is 9.87. The second-order valence-corrected chi connectivity index (χ2v) is 8.87. The van der Waals surface area contributed by atoms with Gasteiger partial charge in [-0.2, -0.15) is 0 Å². The Morgan fingerprint density at radius 1 is 0.812 bits per heavy atom. The van der Waals surface area contributed by atoms with Crippen LogP contribution in [0.5, 0.6) is 5.75 Å². The highest BCUT2D eigenvalue weighted by molar-refractivity contribution is 6.05. The van der Waals surface area contributed by atoms with Gasteiger partial charge in [-0.1, -0.05) is 51.1 Å². The Balaban J connectivity index is 1.56. The summed E-state index contributed by atoms with van der Waals surface area (Å²) < 4.78 is 5.78. The first-order valence-corrected chi connectivity index (χ1v) is 10.7. The molecule has 0 heterocycles. The topological polar surface area (TPSA) is 67.4 Å². The molecule has 0 saturated carbocycles. The predicted octanol–water partition coefficient (Wildman–Crippen LogP) is 5.95. The summed E-state index contributed by atoms with van der Waals surface area (Å²) in [6.45, 7) is 10.1. The van der Waals surface area contributed by atoms with Crippen molar-refractivity contribution in [3.8, 4) is 5.75 Å². The standard InChI is InChI=1S/C27H30N2O3/c1-18-8-6-7-9-24(18)26(31)29-22-14-12-21(13-15-22)28-25(30)19(2)32-23-16-10-20(11-17-23)27(3,4)5/h6-17,19H,1-5H3,(H,28,30)(H,29,31). The number of carbonyl (C=O) groups is 2. The van der Waals surface area contributed by atoms with Crippen LogP contribution in [-0.4, -0.2) is 17.9 Å². The fraction of sp³-hybridized carbons (Fsp3) is 0.259. The van der Waals surface area contributed by atoms with Gasteiger partial charge in [0, 0.05) is 16.9 Å². The number of anilines is 2. The van der Waals surface area contributed by atoms with E-state index in [0.717, 1.165) is 5.56 Å². The molecule has 0 bridgehead atoms. The van der Waals surface area contributed by atoms with Crippen LogP contribution in [0.4, 0.5) is 11.4 Å². The third-order valence-electron chi connectivity index (χ3n) is 5.20. The van der Waals surface area contributed by atoms with Gasteiger partial charge in [-0.05, 0) is 72.9 Å². The molecule has 0 aliphatic heterocycles. The van der Waals surface area contributed by atoms with Crippen LogP contribution in [0.15, 0.2) is 72.8 Å². The Bertz CT molecular complexity index is 1080. The average Bonchev–Trinajstić information content (AvgIpc) is 2.75. The molecule has 0 fully saturated rings. The largest absolute Gasteiger partial charge is 0.481 e. The Morgan fingerprint density at radius 2 is 1.38 bits per heavy atom. The minimum absolute atomic E-state index is 0.0626. The molecule has 0 aromatic heterocycles. The summed E-state index contributed by atoms with van der Waals surface area (Å²) in [4.78, 5) is 25.0. The molecule has 3 rings (SSSR count). The van der Waals surface area contributed by atoms with Crippen molar-refractivity contribution in [3.05, 3.63) is 89.5 Å². The molecule has 3 aromatic carbocycles. The second-order valence-electron chi connectivity index (χ2n) is 8.87. The summed E-state index contributed by atoms with van der Waals surface area (Å²) in [6, 6.07) is 22.2. The Hall–Kier alpha value is -3.60. The first-order valence-electron chi connectivity index (χ1n) is 10.7. The molecular weight excluding hydrogens is 400 g/mol. The maximum atomic E-state index is 12.5. The molecule has 32 heavy (non-hydrogen) atoms. The molecule has 0 aliphatic rings. The average molecular weight is 431 g/mol. The van der Waals surface area contributed by atoms with E-state index in [-0.39, 0.29) is 17.2 Å². The van der Waals surface area contributed by atoms with Crippen LogP contribution in [0.2, 0.25) is 0 Å². The van der Waals surface area contributed by atoms with Gasteiger partial charge in [0.1, 0.15) is 5.75 Å². The molecule has 1 unspecified atom stereocenters.